The van der Waals surface area contributed by atoms with Gasteiger partial charge in [-0.25, -0.2) is 4.98 Å². The minimum Gasteiger partial charge on any atom is -0.507 e. The quantitative estimate of drug-likeness (QED) is 0.258. The molecule has 0 spiro atoms. The molecule has 1 amide bonds. The van der Waals surface area contributed by atoms with Crippen LogP contribution in [-0.2, 0) is 9.59 Å². The van der Waals surface area contributed by atoms with Crippen molar-refractivity contribution in [3.63, 3.8) is 0 Å². The summed E-state index contributed by atoms with van der Waals surface area (Å²) in [6.07, 6.45) is 0. The Morgan fingerprint density at radius 1 is 1.03 bits per heavy atom. The number of hydrogen-bond acceptors (Lipinski definition) is 6. The Labute approximate surface area is 194 Å². The molecule has 6 nitrogen and oxygen atoms in total. The fourth-order valence-electron chi connectivity index (χ4n) is 4.01. The second-order valence-electron chi connectivity index (χ2n) is 7.78. The highest BCUT2D eigenvalue weighted by atomic mass is 32.1. The van der Waals surface area contributed by atoms with Crippen LogP contribution in [-0.4, -0.2) is 28.9 Å². The molecule has 0 radical (unpaired) electrons. The molecule has 1 atom stereocenters. The third-order valence-corrected chi connectivity index (χ3v) is 6.68. The van der Waals surface area contributed by atoms with E-state index in [2.05, 4.69) is 4.98 Å². The molecule has 5 rings (SSSR count). The average molecular weight is 457 g/mol. The number of carbonyl (C=O) groups is 2. The van der Waals surface area contributed by atoms with Crippen molar-refractivity contribution in [2.45, 2.75) is 13.0 Å². The summed E-state index contributed by atoms with van der Waals surface area (Å²) in [4.78, 5) is 32.5. The third-order valence-electron chi connectivity index (χ3n) is 5.66. The first-order valence-electron chi connectivity index (χ1n) is 10.4. The van der Waals surface area contributed by atoms with E-state index in [1.165, 1.54) is 16.2 Å². The SMILES string of the molecule is COc1ccc(/C(O)=C2\C(=O)C(=O)N(c3nc4ccc(C)cc4s3)[C@@H]2c2ccccc2)cc1. The minimum atomic E-state index is -0.796. The van der Waals surface area contributed by atoms with E-state index in [0.717, 1.165) is 15.8 Å². The van der Waals surface area contributed by atoms with E-state index < -0.39 is 17.7 Å². The number of ketones is 1. The first-order valence-corrected chi connectivity index (χ1v) is 11.2. The number of aliphatic hydroxyl groups is 1. The number of benzene rings is 3. The predicted molar refractivity (Wildman–Crippen MR) is 129 cm³/mol. The van der Waals surface area contributed by atoms with Crippen molar-refractivity contribution in [1.82, 2.24) is 4.98 Å². The van der Waals surface area contributed by atoms with Gasteiger partial charge in [0.15, 0.2) is 5.13 Å². The molecule has 164 valence electrons. The van der Waals surface area contributed by atoms with Crippen molar-refractivity contribution in [2.75, 3.05) is 12.0 Å². The molecular weight excluding hydrogens is 436 g/mol. The number of thiazole rings is 1. The topological polar surface area (TPSA) is 79.7 Å². The molecule has 2 heterocycles. The maximum atomic E-state index is 13.3. The monoisotopic (exact) mass is 456 g/mol. The van der Waals surface area contributed by atoms with Crippen molar-refractivity contribution in [2.24, 2.45) is 0 Å². The first-order chi connectivity index (χ1) is 16.0. The number of amides is 1. The summed E-state index contributed by atoms with van der Waals surface area (Å²) in [5, 5.41) is 11.6. The largest absolute Gasteiger partial charge is 0.507 e. The highest BCUT2D eigenvalue weighted by molar-refractivity contribution is 7.22. The van der Waals surface area contributed by atoms with Crippen LogP contribution in [0, 0.1) is 6.92 Å². The Morgan fingerprint density at radius 2 is 1.76 bits per heavy atom. The lowest BCUT2D eigenvalue weighted by atomic mass is 9.95. The Bertz CT molecular complexity index is 1410. The highest BCUT2D eigenvalue weighted by Crippen LogP contribution is 2.44. The van der Waals surface area contributed by atoms with Crippen LogP contribution >= 0.6 is 11.3 Å². The van der Waals surface area contributed by atoms with Crippen LogP contribution in [0.4, 0.5) is 5.13 Å². The molecule has 0 saturated carbocycles. The van der Waals surface area contributed by atoms with Crippen LogP contribution in [0.2, 0.25) is 0 Å². The van der Waals surface area contributed by atoms with Crippen molar-refractivity contribution in [3.8, 4) is 5.75 Å². The number of nitrogens with zero attached hydrogens (tertiary/aromatic N) is 2. The van der Waals surface area contributed by atoms with Crippen LogP contribution in [0.5, 0.6) is 5.75 Å². The smallest absolute Gasteiger partial charge is 0.301 e. The van der Waals surface area contributed by atoms with Gasteiger partial charge in [0.25, 0.3) is 5.78 Å². The van der Waals surface area contributed by atoms with E-state index in [-0.39, 0.29) is 11.3 Å². The van der Waals surface area contributed by atoms with Gasteiger partial charge in [0.1, 0.15) is 11.5 Å². The molecule has 0 bridgehead atoms. The van der Waals surface area contributed by atoms with Gasteiger partial charge in [-0.2, -0.15) is 0 Å². The number of Topliss-reactive ketones (excluding diaryl/α,β-unsaturated/α-hetero) is 1. The maximum Gasteiger partial charge on any atom is 0.301 e. The van der Waals surface area contributed by atoms with E-state index in [0.29, 0.717) is 22.0 Å². The van der Waals surface area contributed by atoms with E-state index in [4.69, 9.17) is 4.74 Å². The summed E-state index contributed by atoms with van der Waals surface area (Å²) in [5.41, 5.74) is 3.01. The van der Waals surface area contributed by atoms with Crippen LogP contribution in [0.3, 0.4) is 0 Å². The van der Waals surface area contributed by atoms with Gasteiger partial charge in [-0.3, -0.25) is 14.5 Å². The van der Waals surface area contributed by atoms with Gasteiger partial charge in [0.05, 0.1) is 28.9 Å². The van der Waals surface area contributed by atoms with E-state index in [1.807, 2.05) is 55.5 Å². The number of methoxy groups -OCH3 is 1. The number of aromatic nitrogens is 1. The van der Waals surface area contributed by atoms with Gasteiger partial charge in [0, 0.05) is 5.56 Å². The van der Waals surface area contributed by atoms with Crippen molar-refractivity contribution >= 4 is 44.1 Å². The number of hydrogen-bond donors (Lipinski definition) is 1. The number of aliphatic hydroxyl groups excluding tert-OH is 1. The lowest BCUT2D eigenvalue weighted by Gasteiger charge is -2.22. The Kier molecular flexibility index (Phi) is 5.18. The Hall–Kier alpha value is -3.97. The fraction of sp³-hybridized carbons (Fsp3) is 0.115. The molecule has 1 fully saturated rings. The molecule has 7 heteroatoms. The van der Waals surface area contributed by atoms with Crippen molar-refractivity contribution < 1.29 is 19.4 Å². The Balaban J connectivity index is 1.70. The third kappa shape index (κ3) is 3.56. The molecule has 33 heavy (non-hydrogen) atoms. The molecular formula is C26H20N2O4S. The summed E-state index contributed by atoms with van der Waals surface area (Å²) in [5.74, 6) is -1.07. The zero-order chi connectivity index (χ0) is 23.1. The molecule has 1 aliphatic rings. The molecule has 1 saturated heterocycles. The first kappa shape index (κ1) is 20.9. The summed E-state index contributed by atoms with van der Waals surface area (Å²) >= 11 is 1.35. The van der Waals surface area contributed by atoms with Gasteiger partial charge in [-0.15, -0.1) is 0 Å². The van der Waals surface area contributed by atoms with E-state index >= 15 is 0 Å². The normalized spacial score (nSPS) is 17.6. The molecule has 1 aliphatic heterocycles. The molecule has 0 aliphatic carbocycles. The number of ether oxygens (including phenoxy) is 1. The minimum absolute atomic E-state index is 0.0341. The standard InChI is InChI=1S/C26H20N2O4S/c1-15-8-13-19-20(14-15)33-26(27-19)28-22(16-6-4-3-5-7-16)21(24(30)25(28)31)23(29)17-9-11-18(32-2)12-10-17/h3-14,22,29H,1-2H3/b23-21+/t22-/m1/s1. The molecule has 1 N–H and O–H groups in total. The zero-order valence-electron chi connectivity index (χ0n) is 18.0. The molecule has 3 aromatic carbocycles. The highest BCUT2D eigenvalue weighted by Gasteiger charge is 2.48. The van der Waals surface area contributed by atoms with Crippen LogP contribution in [0.1, 0.15) is 22.7 Å². The lowest BCUT2D eigenvalue weighted by Crippen LogP contribution is -2.29. The van der Waals surface area contributed by atoms with Crippen LogP contribution < -0.4 is 9.64 Å². The lowest BCUT2D eigenvalue weighted by molar-refractivity contribution is -0.132. The number of fused-ring (bicyclic) bond motifs is 1. The zero-order valence-corrected chi connectivity index (χ0v) is 18.8. The Morgan fingerprint density at radius 3 is 2.45 bits per heavy atom. The summed E-state index contributed by atoms with van der Waals surface area (Å²) in [7, 11) is 1.55. The van der Waals surface area contributed by atoms with Crippen molar-refractivity contribution in [3.05, 3.63) is 95.1 Å². The van der Waals surface area contributed by atoms with Gasteiger partial charge in [-0.1, -0.05) is 47.7 Å². The van der Waals surface area contributed by atoms with Gasteiger partial charge in [-0.05, 0) is 54.4 Å². The number of anilines is 1. The summed E-state index contributed by atoms with van der Waals surface area (Å²) in [6.45, 7) is 1.99. The number of rotatable bonds is 4. The number of carbonyl (C=O) groups excluding carboxylic acids is 2. The molecule has 1 aromatic heterocycles. The van der Waals surface area contributed by atoms with Crippen LogP contribution in [0.25, 0.3) is 16.0 Å². The molecule has 0 unspecified atom stereocenters. The van der Waals surface area contributed by atoms with Crippen LogP contribution in [0.15, 0.2) is 78.4 Å². The van der Waals surface area contributed by atoms with E-state index in [1.54, 1.807) is 31.4 Å². The van der Waals surface area contributed by atoms with Crippen molar-refractivity contribution in [1.29, 1.82) is 0 Å². The second kappa shape index (κ2) is 8.18. The fourth-order valence-corrected chi connectivity index (χ4v) is 5.10. The van der Waals surface area contributed by atoms with Gasteiger partial charge < -0.3 is 9.84 Å². The summed E-state index contributed by atoms with van der Waals surface area (Å²) in [6, 6.07) is 21.0. The average Bonchev–Trinajstić information content (AvgIpc) is 3.37. The summed E-state index contributed by atoms with van der Waals surface area (Å²) < 4.78 is 6.11. The molecule has 4 aromatic rings. The van der Waals surface area contributed by atoms with E-state index in [9.17, 15) is 14.7 Å². The van der Waals surface area contributed by atoms with Gasteiger partial charge >= 0.3 is 5.91 Å². The maximum absolute atomic E-state index is 13.3. The second-order valence-corrected chi connectivity index (χ2v) is 8.79. The predicted octanol–water partition coefficient (Wildman–Crippen LogP) is 5.24. The number of aryl methyl sites for hydroxylation is 1. The van der Waals surface area contributed by atoms with Gasteiger partial charge in [0.2, 0.25) is 0 Å².